The van der Waals surface area contributed by atoms with Crippen LogP contribution in [0.2, 0.25) is 0 Å². The highest BCUT2D eigenvalue weighted by Gasteiger charge is 2.35. The molecule has 0 aromatic rings. The molecule has 1 heterocycles. The van der Waals surface area contributed by atoms with E-state index in [9.17, 15) is 4.79 Å². The van der Waals surface area contributed by atoms with Crippen LogP contribution in [-0.2, 0) is 4.79 Å². The fourth-order valence-corrected chi connectivity index (χ4v) is 3.30. The highest BCUT2D eigenvalue weighted by atomic mass is 16.1. The molecule has 2 heteroatoms. The van der Waals surface area contributed by atoms with Crippen molar-refractivity contribution in [2.75, 3.05) is 19.6 Å². The number of Topliss-reactive ketones (excluding diaryl/α,β-unsaturated/α-hetero) is 1. The number of hydrogen-bond donors (Lipinski definition) is 0. The molecule has 2 fully saturated rings. The van der Waals surface area contributed by atoms with Gasteiger partial charge in [-0.2, -0.15) is 0 Å². The van der Waals surface area contributed by atoms with E-state index in [1.165, 1.54) is 44.9 Å². The highest BCUT2D eigenvalue weighted by molar-refractivity contribution is 5.77. The van der Waals surface area contributed by atoms with E-state index in [4.69, 9.17) is 0 Å². The first kappa shape index (κ1) is 11.1. The molecule has 0 aromatic carbocycles. The second kappa shape index (κ2) is 4.65. The van der Waals surface area contributed by atoms with E-state index in [0.717, 1.165) is 13.1 Å². The molecular formula is C13H23NO. The Bertz CT molecular complexity index is 221. The van der Waals surface area contributed by atoms with E-state index in [1.54, 1.807) is 6.92 Å². The zero-order chi connectivity index (χ0) is 10.7. The zero-order valence-electron chi connectivity index (χ0n) is 9.93. The summed E-state index contributed by atoms with van der Waals surface area (Å²) in [4.78, 5) is 13.4. The van der Waals surface area contributed by atoms with Crippen LogP contribution in [0.4, 0.5) is 0 Å². The lowest BCUT2D eigenvalue weighted by molar-refractivity contribution is -0.118. The lowest BCUT2D eigenvalue weighted by Crippen LogP contribution is -2.42. The lowest BCUT2D eigenvalue weighted by Gasteiger charge is -2.44. The normalized spacial score (nSPS) is 26.7. The van der Waals surface area contributed by atoms with Gasteiger partial charge in [0.15, 0.2) is 0 Å². The molecule has 15 heavy (non-hydrogen) atoms. The molecule has 0 unspecified atom stereocenters. The maximum Gasteiger partial charge on any atom is 0.143 e. The molecule has 1 saturated carbocycles. The van der Waals surface area contributed by atoms with Gasteiger partial charge in [-0.25, -0.2) is 0 Å². The Hall–Kier alpha value is -0.370. The standard InChI is InChI=1S/C13H23NO/c1-12(15)11-14-9-7-13(8-10-14)5-3-2-4-6-13/h2-11H2,1H3. The minimum atomic E-state index is 0.314. The summed E-state index contributed by atoms with van der Waals surface area (Å²) in [7, 11) is 0. The molecule has 2 rings (SSSR count). The van der Waals surface area contributed by atoms with Crippen molar-refractivity contribution in [1.29, 1.82) is 0 Å². The number of likely N-dealkylation sites (tertiary alicyclic amines) is 1. The van der Waals surface area contributed by atoms with Crippen molar-refractivity contribution >= 4 is 5.78 Å². The number of piperidine rings is 1. The molecule has 0 aromatic heterocycles. The second-order valence-electron chi connectivity index (χ2n) is 5.54. The third-order valence-electron chi connectivity index (χ3n) is 4.28. The topological polar surface area (TPSA) is 20.3 Å². The molecule has 1 spiro atoms. The Balaban J connectivity index is 1.82. The molecule has 0 N–H and O–H groups in total. The van der Waals surface area contributed by atoms with Crippen LogP contribution in [0.5, 0.6) is 0 Å². The van der Waals surface area contributed by atoms with E-state index >= 15 is 0 Å². The number of carbonyl (C=O) groups excluding carboxylic acids is 1. The SMILES string of the molecule is CC(=O)CN1CCC2(CCCCC2)CC1. The number of ketones is 1. The second-order valence-corrected chi connectivity index (χ2v) is 5.54. The van der Waals surface area contributed by atoms with Crippen molar-refractivity contribution in [1.82, 2.24) is 4.90 Å². The van der Waals surface area contributed by atoms with Crippen LogP contribution in [-0.4, -0.2) is 30.3 Å². The van der Waals surface area contributed by atoms with Crippen molar-refractivity contribution in [3.8, 4) is 0 Å². The summed E-state index contributed by atoms with van der Waals surface area (Å²) >= 11 is 0. The van der Waals surface area contributed by atoms with Gasteiger partial charge in [-0.15, -0.1) is 0 Å². The van der Waals surface area contributed by atoms with Gasteiger partial charge < -0.3 is 0 Å². The van der Waals surface area contributed by atoms with Crippen LogP contribution in [0.25, 0.3) is 0 Å². The van der Waals surface area contributed by atoms with Gasteiger partial charge in [0.1, 0.15) is 5.78 Å². The fraction of sp³-hybridized carbons (Fsp3) is 0.923. The Labute approximate surface area is 93.0 Å². The number of nitrogens with zero attached hydrogens (tertiary/aromatic N) is 1. The Morgan fingerprint density at radius 3 is 2.20 bits per heavy atom. The van der Waals surface area contributed by atoms with Gasteiger partial charge in [-0.05, 0) is 51.1 Å². The molecule has 2 nitrogen and oxygen atoms in total. The molecule has 0 atom stereocenters. The van der Waals surface area contributed by atoms with E-state index in [1.807, 2.05) is 0 Å². The Morgan fingerprint density at radius 2 is 1.67 bits per heavy atom. The maximum absolute atomic E-state index is 11.0. The van der Waals surface area contributed by atoms with E-state index in [-0.39, 0.29) is 0 Å². The third-order valence-corrected chi connectivity index (χ3v) is 4.28. The first-order valence-corrected chi connectivity index (χ1v) is 6.42. The minimum absolute atomic E-state index is 0.314. The Morgan fingerprint density at radius 1 is 1.07 bits per heavy atom. The van der Waals surface area contributed by atoms with Crippen molar-refractivity contribution in [3.63, 3.8) is 0 Å². The van der Waals surface area contributed by atoms with Crippen molar-refractivity contribution < 1.29 is 4.79 Å². The van der Waals surface area contributed by atoms with E-state index in [0.29, 0.717) is 17.7 Å². The molecule has 1 saturated heterocycles. The predicted octanol–water partition coefficient (Wildman–Crippen LogP) is 2.62. The zero-order valence-corrected chi connectivity index (χ0v) is 9.93. The predicted molar refractivity (Wildman–Crippen MR) is 61.9 cm³/mol. The van der Waals surface area contributed by atoms with Gasteiger partial charge in [-0.1, -0.05) is 19.3 Å². The monoisotopic (exact) mass is 209 g/mol. The summed E-state index contributed by atoms with van der Waals surface area (Å²) in [5.74, 6) is 0.314. The number of rotatable bonds is 2. The Kier molecular flexibility index (Phi) is 3.45. The van der Waals surface area contributed by atoms with Crippen molar-refractivity contribution in [2.24, 2.45) is 5.41 Å². The minimum Gasteiger partial charge on any atom is -0.299 e. The summed E-state index contributed by atoms with van der Waals surface area (Å²) in [5, 5.41) is 0. The van der Waals surface area contributed by atoms with Gasteiger partial charge in [0, 0.05) is 0 Å². The van der Waals surface area contributed by atoms with E-state index in [2.05, 4.69) is 4.90 Å². The fourth-order valence-electron chi connectivity index (χ4n) is 3.30. The quantitative estimate of drug-likeness (QED) is 0.697. The average Bonchev–Trinajstić information content (AvgIpc) is 2.23. The number of hydrogen-bond acceptors (Lipinski definition) is 2. The first-order valence-electron chi connectivity index (χ1n) is 6.42. The summed E-state index contributed by atoms with van der Waals surface area (Å²) in [6, 6.07) is 0. The molecule has 86 valence electrons. The first-order chi connectivity index (χ1) is 7.20. The van der Waals surface area contributed by atoms with Crippen molar-refractivity contribution in [2.45, 2.75) is 51.9 Å². The smallest absolute Gasteiger partial charge is 0.143 e. The van der Waals surface area contributed by atoms with Gasteiger partial charge in [-0.3, -0.25) is 9.69 Å². The molecule has 0 radical (unpaired) electrons. The van der Waals surface area contributed by atoms with E-state index < -0.39 is 0 Å². The van der Waals surface area contributed by atoms with Crippen LogP contribution in [0, 0.1) is 5.41 Å². The number of carbonyl (C=O) groups is 1. The summed E-state index contributed by atoms with van der Waals surface area (Å²) in [5.41, 5.74) is 0.672. The van der Waals surface area contributed by atoms with Gasteiger partial charge in [0.25, 0.3) is 0 Å². The molecule has 1 aliphatic carbocycles. The van der Waals surface area contributed by atoms with Crippen LogP contribution in [0.1, 0.15) is 51.9 Å². The largest absolute Gasteiger partial charge is 0.299 e. The van der Waals surface area contributed by atoms with Gasteiger partial charge in [0.05, 0.1) is 6.54 Å². The molecule has 0 amide bonds. The maximum atomic E-state index is 11.0. The molecular weight excluding hydrogens is 186 g/mol. The van der Waals surface area contributed by atoms with Crippen LogP contribution in [0.15, 0.2) is 0 Å². The summed E-state index contributed by atoms with van der Waals surface area (Å²) < 4.78 is 0. The average molecular weight is 209 g/mol. The molecule has 2 aliphatic rings. The summed E-state index contributed by atoms with van der Waals surface area (Å²) in [6.45, 7) is 4.68. The summed E-state index contributed by atoms with van der Waals surface area (Å²) in [6.07, 6.45) is 9.88. The van der Waals surface area contributed by atoms with Gasteiger partial charge in [0.2, 0.25) is 0 Å². The molecule has 0 bridgehead atoms. The lowest BCUT2D eigenvalue weighted by atomic mass is 9.68. The van der Waals surface area contributed by atoms with Crippen LogP contribution < -0.4 is 0 Å². The molecule has 1 aliphatic heterocycles. The van der Waals surface area contributed by atoms with Gasteiger partial charge >= 0.3 is 0 Å². The van der Waals surface area contributed by atoms with Crippen molar-refractivity contribution in [3.05, 3.63) is 0 Å². The van der Waals surface area contributed by atoms with Crippen LogP contribution >= 0.6 is 0 Å². The highest BCUT2D eigenvalue weighted by Crippen LogP contribution is 2.44. The third kappa shape index (κ3) is 2.81. The van der Waals surface area contributed by atoms with Crippen LogP contribution in [0.3, 0.4) is 0 Å².